The molecule has 2 heterocycles. The van der Waals surface area contributed by atoms with Gasteiger partial charge in [-0.15, -0.1) is 0 Å². The number of benzene rings is 3. The Labute approximate surface area is 206 Å². The fourth-order valence-corrected chi connectivity index (χ4v) is 4.21. The third-order valence-corrected chi connectivity index (χ3v) is 6.10. The molecule has 0 amide bonds. The van der Waals surface area contributed by atoms with Crippen LogP contribution in [0.3, 0.4) is 0 Å². The van der Waals surface area contributed by atoms with Crippen LogP contribution in [0.5, 0.6) is 0 Å². The first-order valence-electron chi connectivity index (χ1n) is 11.2. The van der Waals surface area contributed by atoms with Gasteiger partial charge in [-0.1, -0.05) is 48.5 Å². The Hall–Kier alpha value is -4.91. The molecule has 7 heteroatoms. The third-order valence-electron chi connectivity index (χ3n) is 6.10. The third kappa shape index (κ3) is 4.07. The molecule has 0 saturated carbocycles. The predicted octanol–water partition coefficient (Wildman–Crippen LogP) is 7.14. The van der Waals surface area contributed by atoms with Gasteiger partial charge in [-0.3, -0.25) is 24.7 Å². The van der Waals surface area contributed by atoms with E-state index in [-0.39, 0.29) is 17.3 Å². The van der Waals surface area contributed by atoms with Crippen LogP contribution in [0.25, 0.3) is 44.7 Å². The van der Waals surface area contributed by atoms with Crippen molar-refractivity contribution in [2.75, 3.05) is 0 Å². The van der Waals surface area contributed by atoms with Gasteiger partial charge in [-0.25, -0.2) is 0 Å². The van der Waals surface area contributed by atoms with E-state index < -0.39 is 4.92 Å². The van der Waals surface area contributed by atoms with Crippen LogP contribution in [0.1, 0.15) is 34.6 Å². The number of nitrogens with zero attached hydrogens (tertiary/aromatic N) is 2. The minimum atomic E-state index is -0.424. The van der Waals surface area contributed by atoms with E-state index >= 15 is 0 Å². The number of carbonyl (C=O) groups is 2. The van der Waals surface area contributed by atoms with Crippen LogP contribution in [-0.2, 0) is 0 Å². The van der Waals surface area contributed by atoms with Gasteiger partial charge < -0.3 is 4.42 Å². The number of carbonyl (C=O) groups excluding carboxylic acids is 2. The van der Waals surface area contributed by atoms with Gasteiger partial charge in [0.05, 0.1) is 15.8 Å². The van der Waals surface area contributed by atoms with Gasteiger partial charge in [-0.2, -0.15) is 0 Å². The minimum Gasteiger partial charge on any atom is -0.455 e. The van der Waals surface area contributed by atoms with Crippen molar-refractivity contribution in [3.05, 3.63) is 106 Å². The van der Waals surface area contributed by atoms with Crippen molar-refractivity contribution in [2.45, 2.75) is 13.8 Å². The molecular formula is C29H20N2O5. The molecule has 2 aromatic heterocycles. The Morgan fingerprint density at radius 2 is 1.42 bits per heavy atom. The monoisotopic (exact) mass is 476 g/mol. The molecule has 36 heavy (non-hydrogen) atoms. The molecule has 0 unspecified atom stereocenters. The maximum atomic E-state index is 11.8. The number of nitro groups is 1. The molecule has 0 N–H and O–H groups in total. The molecule has 7 nitrogen and oxygen atoms in total. The SMILES string of the molecule is CC(=O)c1ccc(-c2cc(-c3ccc([N+](=O)[O-])c4cccnc34)c(-c3ccc(C(C)=O)cc3)o2)cc1. The average molecular weight is 476 g/mol. The summed E-state index contributed by atoms with van der Waals surface area (Å²) in [6.45, 7) is 3.01. The molecule has 176 valence electrons. The number of aromatic nitrogens is 1. The summed E-state index contributed by atoms with van der Waals surface area (Å²) in [5, 5.41) is 12.0. The number of ketones is 2. The molecule has 0 spiro atoms. The number of fused-ring (bicyclic) bond motifs is 1. The van der Waals surface area contributed by atoms with Crippen molar-refractivity contribution in [2.24, 2.45) is 0 Å². The van der Waals surface area contributed by atoms with Crippen LogP contribution in [-0.4, -0.2) is 21.5 Å². The molecule has 0 bridgehead atoms. The summed E-state index contributed by atoms with van der Waals surface area (Å²) in [7, 11) is 0. The molecule has 0 atom stereocenters. The largest absolute Gasteiger partial charge is 0.455 e. The van der Waals surface area contributed by atoms with E-state index in [0.717, 1.165) is 11.1 Å². The molecule has 0 radical (unpaired) electrons. The van der Waals surface area contributed by atoms with Crippen LogP contribution in [0.15, 0.2) is 89.5 Å². The molecule has 0 aliphatic heterocycles. The summed E-state index contributed by atoms with van der Waals surface area (Å²) >= 11 is 0. The highest BCUT2D eigenvalue weighted by molar-refractivity contribution is 6.02. The van der Waals surface area contributed by atoms with Gasteiger partial charge in [0, 0.05) is 45.6 Å². The summed E-state index contributed by atoms with van der Waals surface area (Å²) < 4.78 is 6.34. The maximum absolute atomic E-state index is 11.8. The number of nitro benzene ring substituents is 1. The van der Waals surface area contributed by atoms with Crippen LogP contribution in [0.4, 0.5) is 5.69 Å². The van der Waals surface area contributed by atoms with Gasteiger partial charge in [0.15, 0.2) is 11.6 Å². The normalized spacial score (nSPS) is 10.9. The van der Waals surface area contributed by atoms with E-state index in [1.807, 2.05) is 30.3 Å². The summed E-state index contributed by atoms with van der Waals surface area (Å²) in [6, 6.07) is 22.5. The van der Waals surface area contributed by atoms with Gasteiger partial charge in [0.1, 0.15) is 11.5 Å². The number of pyridine rings is 1. The molecule has 5 aromatic rings. The second-order valence-corrected chi connectivity index (χ2v) is 8.41. The fraction of sp³-hybridized carbons (Fsp3) is 0.0690. The molecule has 3 aromatic carbocycles. The number of hydrogen-bond acceptors (Lipinski definition) is 6. The van der Waals surface area contributed by atoms with Crippen LogP contribution in [0, 0.1) is 10.1 Å². The molecule has 0 aliphatic carbocycles. The number of hydrogen-bond donors (Lipinski definition) is 0. The molecule has 5 rings (SSSR count). The zero-order valence-electron chi connectivity index (χ0n) is 19.5. The lowest BCUT2D eigenvalue weighted by atomic mass is 9.97. The van der Waals surface area contributed by atoms with Gasteiger partial charge >= 0.3 is 0 Å². The lowest BCUT2D eigenvalue weighted by Crippen LogP contribution is -1.93. The van der Waals surface area contributed by atoms with Crippen molar-refractivity contribution in [3.63, 3.8) is 0 Å². The highest BCUT2D eigenvalue weighted by Gasteiger charge is 2.22. The zero-order chi connectivity index (χ0) is 25.4. The van der Waals surface area contributed by atoms with E-state index in [9.17, 15) is 19.7 Å². The number of furan rings is 1. The smallest absolute Gasteiger partial charge is 0.278 e. The molecule has 0 saturated heterocycles. The number of Topliss-reactive ketones (excluding diaryl/α,β-unsaturated/α-hetero) is 2. The first-order valence-corrected chi connectivity index (χ1v) is 11.2. The predicted molar refractivity (Wildman–Crippen MR) is 137 cm³/mol. The van der Waals surface area contributed by atoms with Crippen molar-refractivity contribution in [1.29, 1.82) is 0 Å². The topological polar surface area (TPSA) is 103 Å². The highest BCUT2D eigenvalue weighted by atomic mass is 16.6. The Balaban J connectivity index is 1.74. The van der Waals surface area contributed by atoms with Crippen molar-refractivity contribution in [1.82, 2.24) is 4.98 Å². The molecule has 0 fully saturated rings. The van der Waals surface area contributed by atoms with E-state index in [4.69, 9.17) is 4.42 Å². The summed E-state index contributed by atoms with van der Waals surface area (Å²) in [5.41, 5.74) is 4.51. The second-order valence-electron chi connectivity index (χ2n) is 8.41. The van der Waals surface area contributed by atoms with Gasteiger partial charge in [-0.05, 0) is 38.1 Å². The maximum Gasteiger partial charge on any atom is 0.278 e. The zero-order valence-corrected chi connectivity index (χ0v) is 19.5. The van der Waals surface area contributed by atoms with E-state index in [0.29, 0.717) is 44.7 Å². The number of non-ortho nitro benzene ring substituents is 1. The van der Waals surface area contributed by atoms with Gasteiger partial charge in [0.25, 0.3) is 5.69 Å². The van der Waals surface area contributed by atoms with Crippen molar-refractivity contribution in [3.8, 4) is 33.8 Å². The summed E-state index contributed by atoms with van der Waals surface area (Å²) in [4.78, 5) is 39.1. The Morgan fingerprint density at radius 1 is 0.806 bits per heavy atom. The lowest BCUT2D eigenvalue weighted by molar-refractivity contribution is -0.383. The van der Waals surface area contributed by atoms with E-state index in [1.54, 1.807) is 48.7 Å². The van der Waals surface area contributed by atoms with Crippen LogP contribution >= 0.6 is 0 Å². The molecular weight excluding hydrogens is 456 g/mol. The number of rotatable bonds is 6. The average Bonchev–Trinajstić information content (AvgIpc) is 3.33. The van der Waals surface area contributed by atoms with E-state index in [2.05, 4.69) is 4.98 Å². The minimum absolute atomic E-state index is 0.0299. The highest BCUT2D eigenvalue weighted by Crippen LogP contribution is 2.42. The summed E-state index contributed by atoms with van der Waals surface area (Å²) in [6.07, 6.45) is 1.60. The Morgan fingerprint density at radius 3 is 2.00 bits per heavy atom. The van der Waals surface area contributed by atoms with Crippen molar-refractivity contribution >= 4 is 28.2 Å². The first-order chi connectivity index (χ1) is 17.3. The fourth-order valence-electron chi connectivity index (χ4n) is 4.21. The quantitative estimate of drug-likeness (QED) is 0.147. The Kier molecular flexibility index (Phi) is 5.74. The van der Waals surface area contributed by atoms with E-state index in [1.165, 1.54) is 19.9 Å². The summed E-state index contributed by atoms with van der Waals surface area (Å²) in [5.74, 6) is 1.03. The second kappa shape index (κ2) is 9.03. The first kappa shape index (κ1) is 22.9. The molecule has 0 aliphatic rings. The van der Waals surface area contributed by atoms with Crippen molar-refractivity contribution < 1.29 is 18.9 Å². The van der Waals surface area contributed by atoms with Crippen LogP contribution in [0.2, 0.25) is 0 Å². The Bertz CT molecular complexity index is 1650. The van der Waals surface area contributed by atoms with Gasteiger partial charge in [0.2, 0.25) is 0 Å². The van der Waals surface area contributed by atoms with Crippen LogP contribution < -0.4 is 0 Å². The standard InChI is InChI=1S/C29H20N2O5/c1-17(32)19-5-9-21(10-6-19)27-16-25(29(36-27)22-11-7-20(8-12-22)18(2)33)23-13-14-26(31(34)35)24-4-3-15-30-28(23)24/h3-16H,1-2H3. The lowest BCUT2D eigenvalue weighted by Gasteiger charge is -2.07.